The Balaban J connectivity index is 0.518. The summed E-state index contributed by atoms with van der Waals surface area (Å²) in [4.78, 5) is 145. The molecule has 122 heavy (non-hydrogen) atoms. The number of carbonyl (C=O) groups is 9. The molecule has 0 bridgehead atoms. The molecule has 7 aromatic heterocycles. The molecule has 9 rings (SSSR count). The lowest BCUT2D eigenvalue weighted by molar-refractivity contribution is -0.121. The third kappa shape index (κ3) is 28.1. The van der Waals surface area contributed by atoms with Crippen molar-refractivity contribution >= 4 is 87.1 Å². The number of aryl methyl sites for hydroxylation is 8. The molecule has 0 saturated carbocycles. The molecule has 2 aromatic carbocycles. The van der Waals surface area contributed by atoms with Crippen molar-refractivity contribution in [2.75, 3.05) is 166 Å². The first-order valence-electron chi connectivity index (χ1n) is 39.7. The zero-order valence-electron chi connectivity index (χ0n) is 70.5. The normalized spacial score (nSPS) is 11.4. The van der Waals surface area contributed by atoms with Crippen LogP contribution in [0.15, 0.2) is 96.7 Å². The fourth-order valence-corrected chi connectivity index (χ4v) is 12.3. The van der Waals surface area contributed by atoms with E-state index in [4.69, 9.17) is 47.4 Å². The third-order valence-electron chi connectivity index (χ3n) is 18.5. The lowest BCUT2D eigenvalue weighted by Gasteiger charge is -2.22. The van der Waals surface area contributed by atoms with Crippen LogP contribution in [0, 0.1) is 13.8 Å². The summed E-state index contributed by atoms with van der Waals surface area (Å²) in [5.41, 5.74) is 3.64. The monoisotopic (exact) mass is 1700 g/mol. The van der Waals surface area contributed by atoms with Crippen LogP contribution in [0.3, 0.4) is 0 Å². The van der Waals surface area contributed by atoms with Crippen LogP contribution in [0.4, 0.5) is 23.0 Å². The smallest absolute Gasteiger partial charge is 0.291 e. The second-order valence-electron chi connectivity index (χ2n) is 28.6. The maximum atomic E-state index is 13.3. The number of nitrogens with zero attached hydrogens (tertiary/aromatic N) is 9. The largest absolute Gasteiger partial charge is 0.491 e. The number of nitrogens with one attached hydrogen (secondary N) is 10. The van der Waals surface area contributed by atoms with Crippen molar-refractivity contribution in [2.24, 2.45) is 42.3 Å². The number of fused-ring (bicyclic) bond motifs is 1. The van der Waals surface area contributed by atoms with E-state index >= 15 is 0 Å². The van der Waals surface area contributed by atoms with Gasteiger partial charge >= 0.3 is 0 Å². The molecule has 0 aliphatic rings. The fourth-order valence-electron chi connectivity index (χ4n) is 12.3. The van der Waals surface area contributed by atoms with Gasteiger partial charge in [-0.3, -0.25) is 47.9 Å². The van der Waals surface area contributed by atoms with E-state index < -0.39 is 47.0 Å². The van der Waals surface area contributed by atoms with Crippen LogP contribution in [0.1, 0.15) is 120 Å². The summed E-state index contributed by atoms with van der Waals surface area (Å²) >= 11 is 0. The van der Waals surface area contributed by atoms with Gasteiger partial charge in [-0.05, 0) is 93.8 Å². The first-order chi connectivity index (χ1) is 58.5. The third-order valence-corrected chi connectivity index (χ3v) is 18.5. The molecule has 0 radical (unpaired) electrons. The maximum absolute atomic E-state index is 13.3. The number of imidazole rings is 3. The molecule has 0 unspecified atom stereocenters. The topological polar surface area (TPSA) is 476 Å². The number of carbonyl (C=O) groups excluding carboxylic acids is 9. The standard InChI is InChI=1S/C82H109N19O21/c1-12-83-75(105)61-46-59-60(49-101(11)81(111)70(59)91-61)58-43-54(82(4,5)112)13-14-64(58)122-71-52(2)41-57(42-53(71)3)121-40-39-120-38-37-119-36-35-118-34-33-117-32-31-116-30-29-115-28-27-114-26-25-113-24-22-84-67(102)15-18-88-78(108)73-94-65(50-99(73)9)92-68(103)16-19-87-77(107)63-45-56(48-98(63)8)90-80(110)74-95-66(51-100(74)10)93-69(104)17-20-86-76(106)62-44-55(47-97(62)7)89-79(109)72-85-21-23-96(72)6/h13-14,21,23,41-51,91,112H,12,15-20,22,24-40H2,1-11H3,(H,83,105)(H,84,102)(H,86,106)(H,87,107)(H,88,108)(H,89,109)(H,90,110)(H,92,103)(H,93,104). The number of aromatic amines is 1. The van der Waals surface area contributed by atoms with Gasteiger partial charge in [0.1, 0.15) is 46.5 Å². The van der Waals surface area contributed by atoms with E-state index in [1.165, 1.54) is 59.8 Å². The number of anilines is 4. The van der Waals surface area contributed by atoms with Crippen molar-refractivity contribution in [3.05, 3.63) is 154 Å². The summed E-state index contributed by atoms with van der Waals surface area (Å²) in [5.74, 6) is -2.25. The fraction of sp³-hybridized carbons (Fsp3) is 0.451. The predicted molar refractivity (Wildman–Crippen MR) is 448 cm³/mol. The number of pyridine rings is 1. The molecule has 40 nitrogen and oxygen atoms in total. The van der Waals surface area contributed by atoms with Gasteiger partial charge in [0, 0.05) is 154 Å². The van der Waals surface area contributed by atoms with Gasteiger partial charge in [-0.25, -0.2) is 15.0 Å². The predicted octanol–water partition coefficient (Wildman–Crippen LogP) is 4.27. The van der Waals surface area contributed by atoms with Crippen molar-refractivity contribution in [3.8, 4) is 28.4 Å². The quantitative estimate of drug-likeness (QED) is 0.0237. The second kappa shape index (κ2) is 46.4. The number of amides is 9. The van der Waals surface area contributed by atoms with Crippen LogP contribution in [-0.2, 0) is 100 Å². The Morgan fingerprint density at radius 2 is 0.910 bits per heavy atom. The number of hydrogen-bond donors (Lipinski definition) is 11. The molecule has 0 atom stereocenters. The highest BCUT2D eigenvalue weighted by Crippen LogP contribution is 2.42. The second-order valence-corrected chi connectivity index (χ2v) is 28.6. The summed E-state index contributed by atoms with van der Waals surface area (Å²) in [6.07, 6.45) is 10.5. The number of rotatable bonds is 52. The summed E-state index contributed by atoms with van der Waals surface area (Å²) in [6.45, 7) is 15.9. The summed E-state index contributed by atoms with van der Waals surface area (Å²) in [7, 11) is 9.68. The van der Waals surface area contributed by atoms with Crippen LogP contribution in [0.2, 0.25) is 0 Å². The SMILES string of the molecule is CCNC(=O)c1cc2c(-c3cc(C(C)(C)O)ccc3Oc3c(C)cc(OCCOCCOCCOCCOCCOCCOCCOCCOCCNC(=O)CCNC(=O)c4nc(NC(=O)CCNC(=O)c5cc(NC(=O)c6nc(NC(=O)CCNC(=O)c7cc(NC(=O)c8nccn8C)cn7C)cn6C)cn5C)cn4C)cc3C)cn(C)c(=O)c2[nH]1. The van der Waals surface area contributed by atoms with Gasteiger partial charge in [-0.2, -0.15) is 0 Å². The summed E-state index contributed by atoms with van der Waals surface area (Å²) in [6, 6.07) is 13.8. The number of ether oxygens (including phenoxy) is 10. The maximum Gasteiger partial charge on any atom is 0.291 e. The Morgan fingerprint density at radius 3 is 1.39 bits per heavy atom. The van der Waals surface area contributed by atoms with Gasteiger partial charge in [0.15, 0.2) is 17.5 Å². The molecule has 11 N–H and O–H groups in total. The Morgan fingerprint density at radius 1 is 0.451 bits per heavy atom. The van der Waals surface area contributed by atoms with Crippen molar-refractivity contribution in [1.82, 2.24) is 73.9 Å². The Kier molecular flexibility index (Phi) is 35.5. The van der Waals surface area contributed by atoms with Crippen LogP contribution < -0.4 is 62.9 Å². The highest BCUT2D eigenvalue weighted by molar-refractivity contribution is 6.06. The minimum atomic E-state index is -1.18. The molecule has 658 valence electrons. The lowest BCUT2D eigenvalue weighted by atomic mass is 9.93. The number of hydrogen-bond acceptors (Lipinski definition) is 24. The molecule has 0 saturated heterocycles. The van der Waals surface area contributed by atoms with Crippen LogP contribution >= 0.6 is 0 Å². The van der Waals surface area contributed by atoms with E-state index in [0.717, 1.165) is 11.1 Å². The van der Waals surface area contributed by atoms with Gasteiger partial charge < -0.3 is 133 Å². The van der Waals surface area contributed by atoms with E-state index in [9.17, 15) is 53.1 Å². The van der Waals surface area contributed by atoms with E-state index in [1.807, 2.05) is 39.0 Å². The average Bonchev–Trinajstić information content (AvgIpc) is 1.69. The molecule has 40 heteroatoms. The Bertz CT molecular complexity index is 5120. The number of aliphatic hydroxyl groups is 1. The van der Waals surface area contributed by atoms with E-state index in [2.05, 4.69) is 67.8 Å². The van der Waals surface area contributed by atoms with Gasteiger partial charge in [-0.1, -0.05) is 6.07 Å². The molecule has 0 aliphatic carbocycles. The lowest BCUT2D eigenvalue weighted by Crippen LogP contribution is -2.33. The molecule has 0 spiro atoms. The molecule has 0 fully saturated rings. The average molecular weight is 1700 g/mol. The van der Waals surface area contributed by atoms with Gasteiger partial charge in [0.2, 0.25) is 29.4 Å². The Labute approximate surface area is 703 Å². The van der Waals surface area contributed by atoms with Crippen molar-refractivity contribution in [3.63, 3.8) is 0 Å². The highest BCUT2D eigenvalue weighted by Gasteiger charge is 2.26. The molecule has 7 heterocycles. The first kappa shape index (κ1) is 93.5. The van der Waals surface area contributed by atoms with E-state index in [-0.39, 0.29) is 127 Å². The van der Waals surface area contributed by atoms with Gasteiger partial charge in [0.05, 0.1) is 123 Å². The van der Waals surface area contributed by atoms with Gasteiger partial charge in [0.25, 0.3) is 41.0 Å². The van der Waals surface area contributed by atoms with Crippen molar-refractivity contribution < 1.29 is 95.6 Å². The summed E-state index contributed by atoms with van der Waals surface area (Å²) in [5, 5.41) is 35.7. The minimum absolute atomic E-state index is 0.0102. The van der Waals surface area contributed by atoms with E-state index in [0.29, 0.717) is 157 Å². The minimum Gasteiger partial charge on any atom is -0.491 e. The number of H-pyrrole nitrogens is 1. The van der Waals surface area contributed by atoms with Crippen molar-refractivity contribution in [1.29, 1.82) is 0 Å². The molecule has 9 amide bonds. The van der Waals surface area contributed by atoms with Crippen LogP contribution in [0.5, 0.6) is 17.2 Å². The van der Waals surface area contributed by atoms with Crippen LogP contribution in [-0.4, -0.2) is 251 Å². The number of aromatic nitrogens is 10. The Hall–Kier alpha value is -12.4. The molecule has 0 aliphatic heterocycles. The summed E-state index contributed by atoms with van der Waals surface area (Å²) < 4.78 is 66.3. The molecular formula is C82H109N19O21. The zero-order valence-corrected chi connectivity index (χ0v) is 70.5. The zero-order chi connectivity index (χ0) is 87.8. The van der Waals surface area contributed by atoms with Gasteiger partial charge in [-0.15, -0.1) is 0 Å². The molecule has 9 aromatic rings. The molecular weight excluding hydrogens is 1590 g/mol. The highest BCUT2D eigenvalue weighted by atomic mass is 16.6. The van der Waals surface area contributed by atoms with Crippen LogP contribution in [0.25, 0.3) is 22.0 Å². The van der Waals surface area contributed by atoms with E-state index in [1.54, 1.807) is 97.5 Å². The van der Waals surface area contributed by atoms with Crippen molar-refractivity contribution in [2.45, 2.75) is 59.5 Å². The number of benzene rings is 2. The first-order valence-corrected chi connectivity index (χ1v) is 39.7.